The first kappa shape index (κ1) is 22.3. The van der Waals surface area contributed by atoms with Gasteiger partial charge in [-0.2, -0.15) is 5.10 Å². The van der Waals surface area contributed by atoms with Crippen molar-refractivity contribution in [1.29, 1.82) is 0 Å². The highest BCUT2D eigenvalue weighted by atomic mass is 79.9. The van der Waals surface area contributed by atoms with Crippen LogP contribution in [0, 0.1) is 0 Å². The van der Waals surface area contributed by atoms with Crippen LogP contribution < -0.4 is 15.4 Å². The number of benzene rings is 2. The first-order chi connectivity index (χ1) is 16.0. The van der Waals surface area contributed by atoms with Crippen molar-refractivity contribution in [3.8, 4) is 5.75 Å². The van der Waals surface area contributed by atoms with E-state index in [9.17, 15) is 9.59 Å². The Bertz CT molecular complexity index is 1250. The summed E-state index contributed by atoms with van der Waals surface area (Å²) in [5.74, 6) is 0.624. The van der Waals surface area contributed by atoms with Crippen LogP contribution in [-0.2, 0) is 20.2 Å². The molecule has 33 heavy (non-hydrogen) atoms. The molecule has 0 spiro atoms. The van der Waals surface area contributed by atoms with Gasteiger partial charge < -0.3 is 19.8 Å². The van der Waals surface area contributed by atoms with Gasteiger partial charge in [-0.25, -0.2) is 0 Å². The molecule has 0 aliphatic carbocycles. The summed E-state index contributed by atoms with van der Waals surface area (Å²) in [5.41, 5.74) is 1.84. The van der Waals surface area contributed by atoms with Gasteiger partial charge in [-0.3, -0.25) is 14.3 Å². The van der Waals surface area contributed by atoms with Gasteiger partial charge in [-0.05, 0) is 54.1 Å². The summed E-state index contributed by atoms with van der Waals surface area (Å²) >= 11 is 3.39. The first-order valence-electron chi connectivity index (χ1n) is 10.1. The molecule has 2 aromatic heterocycles. The Morgan fingerprint density at radius 2 is 1.91 bits per heavy atom. The maximum atomic E-state index is 12.9. The van der Waals surface area contributed by atoms with Crippen LogP contribution >= 0.6 is 15.9 Å². The molecular weight excluding hydrogens is 488 g/mol. The van der Waals surface area contributed by atoms with E-state index in [2.05, 4.69) is 31.7 Å². The third-order valence-corrected chi connectivity index (χ3v) is 5.34. The number of nitrogens with one attached hydrogen (secondary N) is 2. The number of aromatic nitrogens is 2. The molecule has 9 heteroatoms. The Labute approximate surface area is 198 Å². The lowest BCUT2D eigenvalue weighted by Gasteiger charge is -2.10. The molecule has 2 N–H and O–H groups in total. The van der Waals surface area contributed by atoms with E-state index < -0.39 is 0 Å². The Hall–Kier alpha value is -3.85. The molecule has 0 unspecified atom stereocenters. The van der Waals surface area contributed by atoms with Crippen LogP contribution in [-0.4, -0.2) is 21.6 Å². The third-order valence-electron chi connectivity index (χ3n) is 4.81. The molecule has 4 rings (SSSR count). The van der Waals surface area contributed by atoms with Gasteiger partial charge in [0.1, 0.15) is 23.8 Å². The molecule has 0 bridgehead atoms. The van der Waals surface area contributed by atoms with Crippen molar-refractivity contribution in [3.05, 3.63) is 100 Å². The highest BCUT2D eigenvalue weighted by molar-refractivity contribution is 9.10. The second-order valence-electron chi connectivity index (χ2n) is 7.19. The largest absolute Gasteiger partial charge is 0.489 e. The number of anilines is 1. The maximum absolute atomic E-state index is 12.9. The number of carbonyl (C=O) groups excluding carboxylic acids is 2. The number of aryl methyl sites for hydroxylation is 1. The Balaban J connectivity index is 1.41. The minimum Gasteiger partial charge on any atom is -0.489 e. The predicted octanol–water partition coefficient (Wildman–Crippen LogP) is 4.54. The normalized spacial score (nSPS) is 10.6. The second kappa shape index (κ2) is 10.2. The average molecular weight is 509 g/mol. The minimum absolute atomic E-state index is 0.227. The fourth-order valence-electron chi connectivity index (χ4n) is 3.16. The van der Waals surface area contributed by atoms with Crippen LogP contribution in [0.1, 0.15) is 32.2 Å². The smallest absolute Gasteiger partial charge is 0.272 e. The van der Waals surface area contributed by atoms with Crippen LogP contribution in [0.4, 0.5) is 5.69 Å². The van der Waals surface area contributed by atoms with Gasteiger partial charge in [0.15, 0.2) is 0 Å². The van der Waals surface area contributed by atoms with E-state index in [1.807, 2.05) is 30.3 Å². The van der Waals surface area contributed by atoms with Crippen molar-refractivity contribution in [2.45, 2.75) is 13.2 Å². The van der Waals surface area contributed by atoms with E-state index in [4.69, 9.17) is 9.15 Å². The third kappa shape index (κ3) is 5.69. The number of amides is 2. The van der Waals surface area contributed by atoms with Crippen molar-refractivity contribution in [1.82, 2.24) is 15.1 Å². The van der Waals surface area contributed by atoms with Crippen LogP contribution in [0.15, 0.2) is 82.0 Å². The zero-order valence-corrected chi connectivity index (χ0v) is 19.3. The summed E-state index contributed by atoms with van der Waals surface area (Å²) in [6.45, 7) is 0.543. The van der Waals surface area contributed by atoms with Crippen LogP contribution in [0.3, 0.4) is 0 Å². The summed E-state index contributed by atoms with van der Waals surface area (Å²) in [7, 11) is 1.64. The Morgan fingerprint density at radius 1 is 1.09 bits per heavy atom. The highest BCUT2D eigenvalue weighted by Crippen LogP contribution is 2.19. The van der Waals surface area contributed by atoms with Crippen molar-refractivity contribution in [2.75, 3.05) is 5.32 Å². The molecule has 2 aromatic carbocycles. The summed E-state index contributed by atoms with van der Waals surface area (Å²) in [6.07, 6.45) is 2.98. The first-order valence-corrected chi connectivity index (χ1v) is 10.9. The quantitative estimate of drug-likeness (QED) is 0.364. The van der Waals surface area contributed by atoms with Crippen LogP contribution in [0.25, 0.3) is 0 Å². The van der Waals surface area contributed by atoms with Gasteiger partial charge >= 0.3 is 0 Å². The second-order valence-corrected chi connectivity index (χ2v) is 8.11. The van der Waals surface area contributed by atoms with Crippen LogP contribution in [0.5, 0.6) is 5.75 Å². The van der Waals surface area contributed by atoms with Gasteiger partial charge in [0.05, 0.1) is 24.7 Å². The molecule has 8 nitrogen and oxygen atoms in total. The predicted molar refractivity (Wildman–Crippen MR) is 126 cm³/mol. The topological polar surface area (TPSA) is 98.4 Å². The van der Waals surface area contributed by atoms with E-state index in [0.29, 0.717) is 23.6 Å². The molecule has 0 atom stereocenters. The molecule has 0 aliphatic heterocycles. The number of hydrogen-bond donors (Lipinski definition) is 2. The number of halogens is 1. The Kier molecular flexibility index (Phi) is 6.89. The lowest BCUT2D eigenvalue weighted by atomic mass is 10.1. The molecular formula is C24H21BrN4O4. The van der Waals surface area contributed by atoms with Gasteiger partial charge in [-0.15, -0.1) is 0 Å². The molecule has 0 saturated carbocycles. The van der Waals surface area contributed by atoms with E-state index in [0.717, 1.165) is 15.8 Å². The number of hydrogen-bond acceptors (Lipinski definition) is 5. The lowest BCUT2D eigenvalue weighted by molar-refractivity contribution is 0.0939. The zero-order chi connectivity index (χ0) is 23.2. The fraction of sp³-hybridized carbons (Fsp3) is 0.125. The maximum Gasteiger partial charge on any atom is 0.272 e. The number of ether oxygens (including phenoxy) is 1. The minimum atomic E-state index is -0.377. The summed E-state index contributed by atoms with van der Waals surface area (Å²) in [5, 5.41) is 9.65. The number of carbonyl (C=O) groups is 2. The summed E-state index contributed by atoms with van der Waals surface area (Å²) in [6, 6.07) is 18.2. The summed E-state index contributed by atoms with van der Waals surface area (Å²) < 4.78 is 13.4. The molecule has 4 aromatic rings. The van der Waals surface area contributed by atoms with Crippen molar-refractivity contribution < 1.29 is 18.7 Å². The molecule has 168 valence electrons. The molecule has 2 amide bonds. The van der Waals surface area contributed by atoms with E-state index in [1.54, 1.807) is 37.4 Å². The Morgan fingerprint density at radius 3 is 2.67 bits per heavy atom. The van der Waals surface area contributed by atoms with Crippen molar-refractivity contribution in [2.24, 2.45) is 7.05 Å². The lowest BCUT2D eigenvalue weighted by Crippen LogP contribution is -2.26. The van der Waals surface area contributed by atoms with Crippen LogP contribution in [0.2, 0.25) is 0 Å². The number of furan rings is 1. The van der Waals surface area contributed by atoms with Gasteiger partial charge in [-0.1, -0.05) is 28.1 Å². The van der Waals surface area contributed by atoms with Crippen molar-refractivity contribution in [3.63, 3.8) is 0 Å². The highest BCUT2D eigenvalue weighted by Gasteiger charge is 2.19. The standard InChI is InChI=1S/C24H21BrN4O4/c1-29-22(24(31)26-13-20-6-3-11-32-20)21(14-27-29)28-23(30)17-5-2-4-16(12-17)15-33-19-9-7-18(25)8-10-19/h2-12,14H,13,15H2,1H3,(H,26,31)(H,28,30). The SMILES string of the molecule is Cn1ncc(NC(=O)c2cccc(COc3ccc(Br)cc3)c2)c1C(=O)NCc1ccco1. The summed E-state index contributed by atoms with van der Waals surface area (Å²) in [4.78, 5) is 25.5. The molecule has 0 saturated heterocycles. The van der Waals surface area contributed by atoms with Gasteiger partial charge in [0, 0.05) is 17.1 Å². The van der Waals surface area contributed by atoms with Gasteiger partial charge in [0.25, 0.3) is 11.8 Å². The molecule has 0 aliphatic rings. The van der Waals surface area contributed by atoms with Gasteiger partial charge in [0.2, 0.25) is 0 Å². The van der Waals surface area contributed by atoms with E-state index in [-0.39, 0.29) is 24.1 Å². The average Bonchev–Trinajstić information content (AvgIpc) is 3.47. The number of nitrogens with zero attached hydrogens (tertiary/aromatic N) is 2. The monoisotopic (exact) mass is 508 g/mol. The molecule has 0 radical (unpaired) electrons. The molecule has 0 fully saturated rings. The molecule has 2 heterocycles. The van der Waals surface area contributed by atoms with E-state index >= 15 is 0 Å². The van der Waals surface area contributed by atoms with E-state index in [1.165, 1.54) is 17.1 Å². The zero-order valence-electron chi connectivity index (χ0n) is 17.7. The van der Waals surface area contributed by atoms with Crippen molar-refractivity contribution >= 4 is 33.4 Å². The number of rotatable bonds is 8. The fourth-order valence-corrected chi connectivity index (χ4v) is 3.42.